The van der Waals surface area contributed by atoms with Crippen LogP contribution in [0.5, 0.6) is 0 Å². The lowest BCUT2D eigenvalue weighted by Gasteiger charge is -2.45. The van der Waals surface area contributed by atoms with E-state index in [1.807, 2.05) is 0 Å². The minimum absolute atomic E-state index is 0.0562. The summed E-state index contributed by atoms with van der Waals surface area (Å²) in [5, 5.41) is 21.2. The zero-order valence-corrected chi connectivity index (χ0v) is 9.58. The van der Waals surface area contributed by atoms with E-state index in [0.717, 1.165) is 24.8 Å². The summed E-state index contributed by atoms with van der Waals surface area (Å²) in [6, 6.07) is 0. The van der Waals surface area contributed by atoms with E-state index >= 15 is 0 Å². The van der Waals surface area contributed by atoms with Crippen LogP contribution in [0.25, 0.3) is 0 Å². The Hall–Kier alpha value is -0.340. The molecule has 3 aliphatic carbocycles. The van der Waals surface area contributed by atoms with Gasteiger partial charge in [0.1, 0.15) is 0 Å². The highest BCUT2D eigenvalue weighted by atomic mass is 16.3. The molecule has 3 saturated carbocycles. The van der Waals surface area contributed by atoms with E-state index in [2.05, 4.69) is 20.4 Å². The molecular formula is C13H20O2. The third-order valence-corrected chi connectivity index (χ3v) is 5.93. The Bertz CT molecular complexity index is 346. The summed E-state index contributed by atoms with van der Waals surface area (Å²) in [5.41, 5.74) is -0.161. The second-order valence-electron chi connectivity index (χ2n) is 6.32. The number of aliphatic hydroxyl groups is 2. The van der Waals surface area contributed by atoms with Crippen molar-refractivity contribution in [2.45, 2.75) is 51.2 Å². The molecule has 2 heteroatoms. The molecule has 1 spiro atoms. The van der Waals surface area contributed by atoms with E-state index in [1.165, 1.54) is 0 Å². The number of aliphatic hydroxyl groups excluding tert-OH is 1. The van der Waals surface area contributed by atoms with Crippen molar-refractivity contribution >= 4 is 0 Å². The Morgan fingerprint density at radius 2 is 2.07 bits per heavy atom. The average molecular weight is 208 g/mol. The first-order valence-electron chi connectivity index (χ1n) is 5.95. The molecule has 0 unspecified atom stereocenters. The molecule has 2 bridgehead atoms. The molecule has 0 saturated heterocycles. The van der Waals surface area contributed by atoms with Crippen LogP contribution in [0.3, 0.4) is 0 Å². The van der Waals surface area contributed by atoms with Gasteiger partial charge in [-0.3, -0.25) is 0 Å². The Balaban J connectivity index is 2.23. The van der Waals surface area contributed by atoms with Crippen LogP contribution >= 0.6 is 0 Å². The van der Waals surface area contributed by atoms with Gasteiger partial charge in [-0.15, -0.1) is 0 Å². The van der Waals surface area contributed by atoms with Crippen molar-refractivity contribution in [3.05, 3.63) is 12.2 Å². The molecular weight excluding hydrogens is 188 g/mol. The van der Waals surface area contributed by atoms with Gasteiger partial charge in [-0.25, -0.2) is 0 Å². The Morgan fingerprint density at radius 3 is 2.60 bits per heavy atom. The van der Waals surface area contributed by atoms with Crippen LogP contribution in [0, 0.1) is 16.7 Å². The molecule has 0 aliphatic heterocycles. The van der Waals surface area contributed by atoms with Gasteiger partial charge in [0.25, 0.3) is 0 Å². The highest BCUT2D eigenvalue weighted by Gasteiger charge is 2.76. The largest absolute Gasteiger partial charge is 0.392 e. The molecule has 0 aromatic rings. The summed E-state index contributed by atoms with van der Waals surface area (Å²) in [5.74, 6) is 0.550. The van der Waals surface area contributed by atoms with Crippen molar-refractivity contribution in [3.8, 4) is 0 Å². The summed E-state index contributed by atoms with van der Waals surface area (Å²) in [4.78, 5) is 0. The molecule has 3 fully saturated rings. The van der Waals surface area contributed by atoms with Crippen molar-refractivity contribution in [3.63, 3.8) is 0 Å². The minimum atomic E-state index is -0.779. The Labute approximate surface area is 91.0 Å². The van der Waals surface area contributed by atoms with Crippen LogP contribution in [0.15, 0.2) is 12.2 Å². The Kier molecular flexibility index (Phi) is 1.53. The third-order valence-electron chi connectivity index (χ3n) is 5.93. The number of hydrogen-bond donors (Lipinski definition) is 2. The number of rotatable bonds is 0. The fourth-order valence-corrected chi connectivity index (χ4v) is 4.99. The molecule has 3 rings (SSSR count). The monoisotopic (exact) mass is 208 g/mol. The zero-order chi connectivity index (χ0) is 11.1. The maximum absolute atomic E-state index is 10.8. The highest BCUT2D eigenvalue weighted by molar-refractivity contribution is 5.38. The predicted molar refractivity (Wildman–Crippen MR) is 58.3 cm³/mol. The lowest BCUT2D eigenvalue weighted by atomic mass is 9.63. The fourth-order valence-electron chi connectivity index (χ4n) is 4.99. The van der Waals surface area contributed by atoms with Crippen LogP contribution in [0.2, 0.25) is 0 Å². The van der Waals surface area contributed by atoms with Crippen LogP contribution < -0.4 is 0 Å². The van der Waals surface area contributed by atoms with Gasteiger partial charge in [-0.05, 0) is 42.6 Å². The van der Waals surface area contributed by atoms with E-state index < -0.39 is 11.7 Å². The van der Waals surface area contributed by atoms with Gasteiger partial charge in [0, 0.05) is 5.41 Å². The van der Waals surface area contributed by atoms with Crippen molar-refractivity contribution in [2.75, 3.05) is 0 Å². The number of hydrogen-bond acceptors (Lipinski definition) is 2. The molecule has 0 heterocycles. The molecule has 2 nitrogen and oxygen atoms in total. The second kappa shape index (κ2) is 2.33. The van der Waals surface area contributed by atoms with Gasteiger partial charge in [0.15, 0.2) is 0 Å². The molecule has 0 aromatic heterocycles. The summed E-state index contributed by atoms with van der Waals surface area (Å²) in [6.07, 6.45) is 3.13. The lowest BCUT2D eigenvalue weighted by Crippen LogP contribution is -2.51. The minimum Gasteiger partial charge on any atom is -0.392 e. The topological polar surface area (TPSA) is 40.5 Å². The normalized spacial score (nSPS) is 56.1. The molecule has 0 radical (unpaired) electrons. The van der Waals surface area contributed by atoms with E-state index in [0.29, 0.717) is 12.3 Å². The second-order valence-corrected chi connectivity index (χ2v) is 6.32. The predicted octanol–water partition coefficient (Wildman–Crippen LogP) is 1.86. The van der Waals surface area contributed by atoms with Gasteiger partial charge in [0.05, 0.1) is 11.7 Å². The van der Waals surface area contributed by atoms with E-state index in [9.17, 15) is 10.2 Å². The van der Waals surface area contributed by atoms with Gasteiger partial charge in [-0.1, -0.05) is 20.4 Å². The first kappa shape index (κ1) is 9.86. The molecule has 4 atom stereocenters. The van der Waals surface area contributed by atoms with E-state index in [-0.39, 0.29) is 10.8 Å². The van der Waals surface area contributed by atoms with Crippen LogP contribution in [-0.4, -0.2) is 21.9 Å². The van der Waals surface area contributed by atoms with Crippen molar-refractivity contribution in [2.24, 2.45) is 16.7 Å². The molecule has 0 amide bonds. The standard InChI is InChI=1S/C13H20O2/c1-8-6-10(14)12-5-4-9(11(12,2)3)7-13(8,12)15/h9-10,14-15H,1,4-7H2,2-3H3/t9-,10+,12+,13-/m1/s1. The molecule has 3 aliphatic rings. The molecule has 84 valence electrons. The summed E-state index contributed by atoms with van der Waals surface area (Å²) in [6.45, 7) is 8.41. The van der Waals surface area contributed by atoms with Crippen LogP contribution in [-0.2, 0) is 0 Å². The molecule has 0 aromatic carbocycles. The van der Waals surface area contributed by atoms with Crippen molar-refractivity contribution in [1.29, 1.82) is 0 Å². The fraction of sp³-hybridized carbons (Fsp3) is 0.846. The van der Waals surface area contributed by atoms with E-state index in [4.69, 9.17) is 0 Å². The molecule has 2 N–H and O–H groups in total. The highest BCUT2D eigenvalue weighted by Crippen LogP contribution is 2.76. The lowest BCUT2D eigenvalue weighted by molar-refractivity contribution is -0.108. The number of fused-ring (bicyclic) bond motifs is 1. The molecule has 15 heavy (non-hydrogen) atoms. The van der Waals surface area contributed by atoms with Gasteiger partial charge in [0.2, 0.25) is 0 Å². The van der Waals surface area contributed by atoms with Gasteiger partial charge in [-0.2, -0.15) is 0 Å². The van der Waals surface area contributed by atoms with Crippen molar-refractivity contribution in [1.82, 2.24) is 0 Å². The average Bonchev–Trinajstić information content (AvgIpc) is 2.57. The third kappa shape index (κ3) is 0.724. The zero-order valence-electron chi connectivity index (χ0n) is 9.58. The van der Waals surface area contributed by atoms with E-state index in [1.54, 1.807) is 0 Å². The maximum Gasteiger partial charge on any atom is 0.0943 e. The van der Waals surface area contributed by atoms with Crippen LogP contribution in [0.4, 0.5) is 0 Å². The SMILES string of the molecule is C=C1C[C@H](O)[C@]23CC[C@H](C[C@@]12O)C3(C)C. The summed E-state index contributed by atoms with van der Waals surface area (Å²) < 4.78 is 0. The smallest absolute Gasteiger partial charge is 0.0943 e. The van der Waals surface area contributed by atoms with Gasteiger partial charge < -0.3 is 10.2 Å². The maximum atomic E-state index is 10.8. The quantitative estimate of drug-likeness (QED) is 0.597. The van der Waals surface area contributed by atoms with Crippen molar-refractivity contribution < 1.29 is 10.2 Å². The van der Waals surface area contributed by atoms with Gasteiger partial charge >= 0.3 is 0 Å². The summed E-state index contributed by atoms with van der Waals surface area (Å²) in [7, 11) is 0. The summed E-state index contributed by atoms with van der Waals surface area (Å²) >= 11 is 0. The first-order valence-corrected chi connectivity index (χ1v) is 5.95. The first-order chi connectivity index (χ1) is 6.86. The van der Waals surface area contributed by atoms with Crippen LogP contribution in [0.1, 0.15) is 39.5 Å². The Morgan fingerprint density at radius 1 is 1.40 bits per heavy atom.